The van der Waals surface area contributed by atoms with Crippen LogP contribution in [-0.2, 0) is 6.61 Å². The molecule has 0 saturated heterocycles. The van der Waals surface area contributed by atoms with Crippen LogP contribution >= 0.6 is 0 Å². The summed E-state index contributed by atoms with van der Waals surface area (Å²) in [5.41, 5.74) is 3.27. The Hall–Kier alpha value is -4.13. The number of benzene rings is 3. The smallest absolute Gasteiger partial charge is 0.225 e. The lowest BCUT2D eigenvalue weighted by molar-refractivity contribution is 0.306. The van der Waals surface area contributed by atoms with E-state index >= 15 is 0 Å². The Kier molecular flexibility index (Phi) is 4.38. The highest BCUT2D eigenvalue weighted by Crippen LogP contribution is 2.26. The molecule has 0 atom stereocenters. The Morgan fingerprint density at radius 2 is 1.59 bits per heavy atom. The fraction of sp³-hybridized carbons (Fsp3) is 0.0455. The molecular weight excluding hydrogens is 364 g/mol. The number of aromatic amines is 1. The van der Waals surface area contributed by atoms with E-state index in [0.717, 1.165) is 22.3 Å². The van der Waals surface area contributed by atoms with E-state index in [4.69, 9.17) is 4.74 Å². The van der Waals surface area contributed by atoms with Crippen LogP contribution in [0.2, 0.25) is 0 Å². The third-order valence-electron chi connectivity index (χ3n) is 4.61. The number of tetrazole rings is 1. The third kappa shape index (κ3) is 3.53. The Labute approximate surface area is 166 Å². The van der Waals surface area contributed by atoms with E-state index < -0.39 is 0 Å². The van der Waals surface area contributed by atoms with E-state index in [1.165, 1.54) is 5.39 Å². The first-order chi connectivity index (χ1) is 14.4. The molecule has 0 aliphatic rings. The SMILES string of the molecule is c1ccc2cc(OCc3ccc(-c4nccnc4-c4nn[nH]n4)cc3)ccc2c1. The van der Waals surface area contributed by atoms with Crippen molar-refractivity contribution in [3.63, 3.8) is 0 Å². The summed E-state index contributed by atoms with van der Waals surface area (Å²) in [6, 6.07) is 22.4. The number of fused-ring (bicyclic) bond motifs is 1. The van der Waals surface area contributed by atoms with Gasteiger partial charge in [-0.15, -0.1) is 10.2 Å². The van der Waals surface area contributed by atoms with Crippen LogP contribution in [0.25, 0.3) is 33.5 Å². The molecule has 0 spiro atoms. The second kappa shape index (κ2) is 7.47. The Morgan fingerprint density at radius 1 is 0.793 bits per heavy atom. The van der Waals surface area contributed by atoms with Gasteiger partial charge in [0, 0.05) is 18.0 Å². The first-order valence-corrected chi connectivity index (χ1v) is 9.12. The molecular formula is C22H16N6O. The standard InChI is InChI=1S/C22H16N6O/c1-2-4-18-13-19(10-9-16(18)3-1)29-14-15-5-7-17(8-6-15)20-21(24-12-11-23-20)22-25-27-28-26-22/h1-13H,14H2,(H,25,26,27,28). The van der Waals surface area contributed by atoms with Crippen LogP contribution in [0.4, 0.5) is 0 Å². The van der Waals surface area contributed by atoms with E-state index in [-0.39, 0.29) is 0 Å². The van der Waals surface area contributed by atoms with Gasteiger partial charge in [-0.1, -0.05) is 54.6 Å². The molecule has 0 bridgehead atoms. The monoisotopic (exact) mass is 380 g/mol. The van der Waals surface area contributed by atoms with Crippen molar-refractivity contribution >= 4 is 10.8 Å². The zero-order valence-electron chi connectivity index (χ0n) is 15.4. The summed E-state index contributed by atoms with van der Waals surface area (Å²) in [7, 11) is 0. The van der Waals surface area contributed by atoms with Crippen molar-refractivity contribution in [1.82, 2.24) is 30.6 Å². The van der Waals surface area contributed by atoms with E-state index in [2.05, 4.69) is 54.9 Å². The maximum absolute atomic E-state index is 5.97. The predicted octanol–water partition coefficient (Wildman–Crippen LogP) is 4.06. The van der Waals surface area contributed by atoms with Gasteiger partial charge in [0.05, 0.1) is 5.69 Å². The van der Waals surface area contributed by atoms with Gasteiger partial charge in [-0.25, -0.2) is 4.98 Å². The summed E-state index contributed by atoms with van der Waals surface area (Å²) >= 11 is 0. The molecule has 1 N–H and O–H groups in total. The Bertz CT molecular complexity index is 1250. The topological polar surface area (TPSA) is 89.5 Å². The lowest BCUT2D eigenvalue weighted by Gasteiger charge is -2.09. The van der Waals surface area contributed by atoms with Gasteiger partial charge >= 0.3 is 0 Å². The number of rotatable bonds is 5. The number of nitrogens with one attached hydrogen (secondary N) is 1. The number of aromatic nitrogens is 6. The molecule has 7 nitrogen and oxygen atoms in total. The van der Waals surface area contributed by atoms with Crippen molar-refractivity contribution < 1.29 is 4.74 Å². The number of hydrogen-bond donors (Lipinski definition) is 1. The highest BCUT2D eigenvalue weighted by Gasteiger charge is 2.13. The first-order valence-electron chi connectivity index (χ1n) is 9.12. The van der Waals surface area contributed by atoms with Gasteiger partial charge in [-0.2, -0.15) is 5.21 Å². The van der Waals surface area contributed by atoms with Gasteiger partial charge in [0.15, 0.2) is 0 Å². The van der Waals surface area contributed by atoms with Gasteiger partial charge in [0.2, 0.25) is 5.82 Å². The van der Waals surface area contributed by atoms with Gasteiger partial charge in [-0.3, -0.25) is 4.98 Å². The fourth-order valence-corrected chi connectivity index (χ4v) is 3.16. The van der Waals surface area contributed by atoms with Crippen molar-refractivity contribution in [2.24, 2.45) is 0 Å². The largest absolute Gasteiger partial charge is 0.489 e. The molecule has 2 aromatic heterocycles. The maximum Gasteiger partial charge on any atom is 0.225 e. The Morgan fingerprint density at radius 3 is 2.38 bits per heavy atom. The summed E-state index contributed by atoms with van der Waals surface area (Å²) < 4.78 is 5.97. The zero-order valence-corrected chi connectivity index (χ0v) is 15.4. The number of H-pyrrole nitrogens is 1. The molecule has 3 aromatic carbocycles. The Balaban J connectivity index is 1.34. The van der Waals surface area contributed by atoms with Crippen molar-refractivity contribution in [2.45, 2.75) is 6.61 Å². The molecule has 2 heterocycles. The first kappa shape index (κ1) is 17.0. The van der Waals surface area contributed by atoms with Gasteiger partial charge < -0.3 is 4.74 Å². The number of hydrogen-bond acceptors (Lipinski definition) is 6. The minimum absolute atomic E-state index is 0.414. The zero-order chi connectivity index (χ0) is 19.5. The van der Waals surface area contributed by atoms with Crippen molar-refractivity contribution in [3.8, 4) is 28.5 Å². The number of ether oxygens (including phenoxy) is 1. The molecule has 5 rings (SSSR count). The van der Waals surface area contributed by atoms with E-state index in [0.29, 0.717) is 23.8 Å². The van der Waals surface area contributed by atoms with Crippen molar-refractivity contribution in [2.75, 3.05) is 0 Å². The normalized spacial score (nSPS) is 10.9. The molecule has 0 radical (unpaired) electrons. The molecule has 0 amide bonds. The second-order valence-electron chi connectivity index (χ2n) is 6.48. The summed E-state index contributed by atoms with van der Waals surface area (Å²) in [6.07, 6.45) is 3.26. The van der Waals surface area contributed by atoms with Crippen LogP contribution in [-0.4, -0.2) is 30.6 Å². The van der Waals surface area contributed by atoms with Crippen LogP contribution in [0, 0.1) is 0 Å². The average Bonchev–Trinajstić information content (AvgIpc) is 3.33. The minimum Gasteiger partial charge on any atom is -0.489 e. The fourth-order valence-electron chi connectivity index (χ4n) is 3.16. The molecule has 29 heavy (non-hydrogen) atoms. The summed E-state index contributed by atoms with van der Waals surface area (Å²) in [5, 5.41) is 16.4. The quantitative estimate of drug-likeness (QED) is 0.495. The lowest BCUT2D eigenvalue weighted by atomic mass is 10.1. The van der Waals surface area contributed by atoms with E-state index in [1.807, 2.05) is 42.5 Å². The number of nitrogens with zero attached hydrogens (tertiary/aromatic N) is 5. The summed E-state index contributed by atoms with van der Waals surface area (Å²) in [6.45, 7) is 0.483. The average molecular weight is 380 g/mol. The molecule has 140 valence electrons. The molecule has 5 aromatic rings. The van der Waals surface area contributed by atoms with Gasteiger partial charge in [0.25, 0.3) is 0 Å². The minimum atomic E-state index is 0.414. The van der Waals surface area contributed by atoms with Crippen molar-refractivity contribution in [1.29, 1.82) is 0 Å². The van der Waals surface area contributed by atoms with Crippen LogP contribution in [0.5, 0.6) is 5.75 Å². The van der Waals surface area contributed by atoms with Crippen molar-refractivity contribution in [3.05, 3.63) is 84.7 Å². The predicted molar refractivity (Wildman–Crippen MR) is 109 cm³/mol. The lowest BCUT2D eigenvalue weighted by Crippen LogP contribution is -1.97. The molecule has 0 aliphatic carbocycles. The summed E-state index contributed by atoms with van der Waals surface area (Å²) in [5.74, 6) is 1.26. The van der Waals surface area contributed by atoms with E-state index in [9.17, 15) is 0 Å². The van der Waals surface area contributed by atoms with Crippen LogP contribution in [0.1, 0.15) is 5.56 Å². The molecule has 0 fully saturated rings. The van der Waals surface area contributed by atoms with Gasteiger partial charge in [0.1, 0.15) is 18.1 Å². The maximum atomic E-state index is 5.97. The van der Waals surface area contributed by atoms with Crippen LogP contribution < -0.4 is 4.74 Å². The van der Waals surface area contributed by atoms with E-state index in [1.54, 1.807) is 12.4 Å². The summed E-state index contributed by atoms with van der Waals surface area (Å²) in [4.78, 5) is 8.79. The third-order valence-corrected chi connectivity index (χ3v) is 4.61. The van der Waals surface area contributed by atoms with Crippen LogP contribution in [0.3, 0.4) is 0 Å². The highest BCUT2D eigenvalue weighted by molar-refractivity contribution is 5.83. The van der Waals surface area contributed by atoms with Crippen LogP contribution in [0.15, 0.2) is 79.1 Å². The molecule has 0 aliphatic heterocycles. The van der Waals surface area contributed by atoms with Gasteiger partial charge in [-0.05, 0) is 33.7 Å². The highest BCUT2D eigenvalue weighted by atomic mass is 16.5. The second-order valence-corrected chi connectivity index (χ2v) is 6.48. The molecule has 0 saturated carbocycles. The molecule has 7 heteroatoms. The molecule has 0 unspecified atom stereocenters.